The third-order valence-corrected chi connectivity index (χ3v) is 5.79. The maximum atomic E-state index is 13.2. The Morgan fingerprint density at radius 1 is 0.912 bits per heavy atom. The van der Waals surface area contributed by atoms with Crippen molar-refractivity contribution in [2.45, 2.75) is 19.4 Å². The molecule has 0 aromatic heterocycles. The minimum absolute atomic E-state index is 0.159. The zero-order chi connectivity index (χ0) is 24.5. The first-order chi connectivity index (χ1) is 16.4. The molecule has 0 aliphatic rings. The van der Waals surface area contributed by atoms with Gasteiger partial charge >= 0.3 is 5.97 Å². The number of phenolic OH excluding ortho intramolecular Hbond substituents is 2. The number of rotatable bonds is 11. The third kappa shape index (κ3) is 6.92. The SMILES string of the molecule is O=C(O)CN(C(=O)C(CS)CCc1ccccc1)c1ccc(OCc2ccc(O)c(O)c2)cc1. The first kappa shape index (κ1) is 25.0. The van der Waals surface area contributed by atoms with Gasteiger partial charge in [0.1, 0.15) is 18.9 Å². The van der Waals surface area contributed by atoms with Gasteiger partial charge in [-0.25, -0.2) is 0 Å². The van der Waals surface area contributed by atoms with E-state index in [0.717, 1.165) is 5.56 Å². The Hall–Kier alpha value is -3.65. The van der Waals surface area contributed by atoms with Gasteiger partial charge in [-0.15, -0.1) is 0 Å². The van der Waals surface area contributed by atoms with Crippen LogP contribution in [0.3, 0.4) is 0 Å². The summed E-state index contributed by atoms with van der Waals surface area (Å²) in [6, 6.07) is 20.8. The minimum Gasteiger partial charge on any atom is -0.504 e. The lowest BCUT2D eigenvalue weighted by Gasteiger charge is -2.26. The number of thiol groups is 1. The van der Waals surface area contributed by atoms with Crippen molar-refractivity contribution in [2.24, 2.45) is 5.92 Å². The van der Waals surface area contributed by atoms with Crippen LogP contribution in [0.15, 0.2) is 72.8 Å². The van der Waals surface area contributed by atoms with Crippen LogP contribution >= 0.6 is 12.6 Å². The second-order valence-corrected chi connectivity index (χ2v) is 8.19. The van der Waals surface area contributed by atoms with Crippen LogP contribution < -0.4 is 9.64 Å². The van der Waals surface area contributed by atoms with E-state index in [0.29, 0.717) is 35.6 Å². The highest BCUT2D eigenvalue weighted by Gasteiger charge is 2.26. The fourth-order valence-electron chi connectivity index (χ4n) is 3.48. The van der Waals surface area contributed by atoms with Crippen LogP contribution in [0.25, 0.3) is 0 Å². The first-order valence-electron chi connectivity index (χ1n) is 10.8. The zero-order valence-corrected chi connectivity index (χ0v) is 19.4. The molecule has 34 heavy (non-hydrogen) atoms. The number of carboxylic acids is 1. The summed E-state index contributed by atoms with van der Waals surface area (Å²) in [6.07, 6.45) is 1.25. The van der Waals surface area contributed by atoms with Crippen molar-refractivity contribution in [3.63, 3.8) is 0 Å². The van der Waals surface area contributed by atoms with Gasteiger partial charge in [-0.1, -0.05) is 36.4 Å². The van der Waals surface area contributed by atoms with Gasteiger partial charge in [0.25, 0.3) is 0 Å². The Bertz CT molecular complexity index is 1100. The number of aromatic hydroxyl groups is 2. The molecule has 0 spiro atoms. The number of benzene rings is 3. The number of hydrogen-bond donors (Lipinski definition) is 4. The number of hydrogen-bond acceptors (Lipinski definition) is 6. The van der Waals surface area contributed by atoms with Crippen molar-refractivity contribution in [2.75, 3.05) is 17.2 Å². The van der Waals surface area contributed by atoms with E-state index in [4.69, 9.17) is 4.74 Å². The Labute approximate surface area is 203 Å². The maximum absolute atomic E-state index is 13.2. The van der Waals surface area contributed by atoms with E-state index in [1.807, 2.05) is 30.3 Å². The lowest BCUT2D eigenvalue weighted by Crippen LogP contribution is -2.40. The van der Waals surface area contributed by atoms with Crippen LogP contribution in [0, 0.1) is 5.92 Å². The van der Waals surface area contributed by atoms with Crippen molar-refractivity contribution in [1.29, 1.82) is 0 Å². The lowest BCUT2D eigenvalue weighted by atomic mass is 9.99. The molecule has 3 aromatic carbocycles. The van der Waals surface area contributed by atoms with Crippen molar-refractivity contribution in [3.05, 3.63) is 83.9 Å². The standard InChI is InChI=1S/C26H27NO6S/c28-23-13-7-19(14-24(23)29)16-33-22-11-9-21(10-12-22)27(15-25(30)31)26(32)20(17-34)8-6-18-4-2-1-3-5-18/h1-5,7,9-14,20,28-29,34H,6,8,15-17H2,(H,30,31). The van der Waals surface area contributed by atoms with Gasteiger partial charge < -0.3 is 25.0 Å². The quantitative estimate of drug-likeness (QED) is 0.241. The molecule has 0 aliphatic heterocycles. The molecule has 0 fully saturated rings. The second kappa shape index (κ2) is 12.0. The minimum atomic E-state index is -1.11. The molecule has 3 N–H and O–H groups in total. The van der Waals surface area contributed by atoms with Crippen molar-refractivity contribution >= 4 is 30.2 Å². The predicted octanol–water partition coefficient (Wildman–Crippen LogP) is 4.27. The van der Waals surface area contributed by atoms with Crippen LogP contribution in [0.2, 0.25) is 0 Å². The molecule has 1 unspecified atom stereocenters. The summed E-state index contributed by atoms with van der Waals surface area (Å²) in [5.74, 6) is -1.45. The number of carbonyl (C=O) groups excluding carboxylic acids is 1. The van der Waals surface area contributed by atoms with E-state index in [1.165, 1.54) is 17.0 Å². The topological polar surface area (TPSA) is 107 Å². The normalized spacial score (nSPS) is 11.6. The predicted molar refractivity (Wildman–Crippen MR) is 133 cm³/mol. The Morgan fingerprint density at radius 2 is 1.62 bits per heavy atom. The number of amides is 1. The second-order valence-electron chi connectivity index (χ2n) is 7.83. The van der Waals surface area contributed by atoms with E-state index in [2.05, 4.69) is 12.6 Å². The zero-order valence-electron chi connectivity index (χ0n) is 18.5. The largest absolute Gasteiger partial charge is 0.504 e. The monoisotopic (exact) mass is 481 g/mol. The van der Waals surface area contributed by atoms with Gasteiger partial charge in [0.15, 0.2) is 11.5 Å². The van der Waals surface area contributed by atoms with Gasteiger partial charge in [0.05, 0.1) is 0 Å². The Balaban J connectivity index is 1.68. The van der Waals surface area contributed by atoms with Crippen molar-refractivity contribution in [1.82, 2.24) is 0 Å². The van der Waals surface area contributed by atoms with Crippen molar-refractivity contribution < 1.29 is 29.6 Å². The number of carbonyl (C=O) groups is 2. The van der Waals surface area contributed by atoms with Crippen LogP contribution in [0.4, 0.5) is 5.69 Å². The fraction of sp³-hybridized carbons (Fsp3) is 0.231. The Morgan fingerprint density at radius 3 is 2.24 bits per heavy atom. The number of nitrogens with zero attached hydrogens (tertiary/aromatic N) is 1. The average molecular weight is 482 g/mol. The molecule has 0 aliphatic carbocycles. The van der Waals surface area contributed by atoms with E-state index in [1.54, 1.807) is 30.3 Å². The molecule has 7 nitrogen and oxygen atoms in total. The van der Waals surface area contributed by atoms with Crippen LogP contribution in [-0.4, -0.2) is 39.5 Å². The number of anilines is 1. The fourth-order valence-corrected chi connectivity index (χ4v) is 3.82. The van der Waals surface area contributed by atoms with E-state index in [9.17, 15) is 24.9 Å². The number of phenols is 2. The summed E-state index contributed by atoms with van der Waals surface area (Å²) in [6.45, 7) is -0.298. The van der Waals surface area contributed by atoms with E-state index < -0.39 is 18.4 Å². The van der Waals surface area contributed by atoms with E-state index >= 15 is 0 Å². The Kier molecular flexibility index (Phi) is 8.81. The number of aryl methyl sites for hydroxylation is 1. The molecule has 0 bridgehead atoms. The van der Waals surface area contributed by atoms with Gasteiger partial charge in [-0.05, 0) is 60.4 Å². The summed E-state index contributed by atoms with van der Waals surface area (Å²) in [5.41, 5.74) is 2.22. The molecule has 0 saturated carbocycles. The van der Waals surface area contributed by atoms with Crippen molar-refractivity contribution in [3.8, 4) is 17.2 Å². The van der Waals surface area contributed by atoms with Gasteiger partial charge in [-0.3, -0.25) is 9.59 Å². The summed E-state index contributed by atoms with van der Waals surface area (Å²) in [4.78, 5) is 26.0. The molecule has 178 valence electrons. The highest BCUT2D eigenvalue weighted by atomic mass is 32.1. The highest BCUT2D eigenvalue weighted by molar-refractivity contribution is 7.80. The third-order valence-electron chi connectivity index (χ3n) is 5.35. The molecular weight excluding hydrogens is 454 g/mol. The van der Waals surface area contributed by atoms with Crippen LogP contribution in [0.1, 0.15) is 17.5 Å². The van der Waals surface area contributed by atoms with Gasteiger partial charge in [-0.2, -0.15) is 12.6 Å². The molecule has 0 heterocycles. The first-order valence-corrected chi connectivity index (χ1v) is 11.4. The molecule has 0 saturated heterocycles. The summed E-state index contributed by atoms with van der Waals surface area (Å²) >= 11 is 4.34. The summed E-state index contributed by atoms with van der Waals surface area (Å²) in [7, 11) is 0. The van der Waals surface area contributed by atoms with Crippen LogP contribution in [0.5, 0.6) is 17.2 Å². The number of ether oxygens (including phenoxy) is 1. The molecule has 3 aromatic rings. The maximum Gasteiger partial charge on any atom is 0.323 e. The van der Waals surface area contributed by atoms with Gasteiger partial charge in [0.2, 0.25) is 5.91 Å². The van der Waals surface area contributed by atoms with Crippen LogP contribution in [-0.2, 0) is 22.6 Å². The molecule has 1 atom stereocenters. The number of carboxylic acid groups (broad SMARTS) is 1. The molecule has 0 radical (unpaired) electrons. The smallest absolute Gasteiger partial charge is 0.323 e. The summed E-state index contributed by atoms with van der Waals surface area (Å²) < 4.78 is 5.69. The number of aliphatic carboxylic acids is 1. The molecule has 8 heteroatoms. The lowest BCUT2D eigenvalue weighted by molar-refractivity contribution is -0.137. The highest BCUT2D eigenvalue weighted by Crippen LogP contribution is 2.27. The molecule has 3 rings (SSSR count). The average Bonchev–Trinajstić information content (AvgIpc) is 2.84. The molecule has 1 amide bonds. The molecular formula is C26H27NO6S. The summed E-state index contributed by atoms with van der Waals surface area (Å²) in [5, 5.41) is 28.4. The van der Waals surface area contributed by atoms with Gasteiger partial charge in [0, 0.05) is 17.4 Å². The van der Waals surface area contributed by atoms with E-state index in [-0.39, 0.29) is 24.0 Å².